The van der Waals surface area contributed by atoms with Gasteiger partial charge in [0.05, 0.1) is 5.69 Å². The number of nitrogens with zero attached hydrogens (tertiary/aromatic N) is 3. The van der Waals surface area contributed by atoms with Crippen molar-refractivity contribution in [2.45, 2.75) is 39.2 Å². The maximum atomic E-state index is 4.53. The van der Waals surface area contributed by atoms with Crippen molar-refractivity contribution in [1.29, 1.82) is 0 Å². The van der Waals surface area contributed by atoms with Crippen LogP contribution in [0.1, 0.15) is 42.8 Å². The van der Waals surface area contributed by atoms with Crippen LogP contribution in [0.3, 0.4) is 0 Å². The minimum atomic E-state index is 0.310. The molecule has 1 N–H and O–H groups in total. The molecule has 1 unspecified atom stereocenters. The van der Waals surface area contributed by atoms with Crippen molar-refractivity contribution in [1.82, 2.24) is 20.1 Å². The van der Waals surface area contributed by atoms with Gasteiger partial charge in [-0.1, -0.05) is 6.92 Å². The molecule has 0 saturated heterocycles. The van der Waals surface area contributed by atoms with Gasteiger partial charge in [-0.25, -0.2) is 0 Å². The molecule has 0 aliphatic heterocycles. The maximum absolute atomic E-state index is 4.53. The molecule has 0 saturated carbocycles. The standard InChI is InChI=1S/C16H24N4/c1-4-9-17-15(16-12-13(2)7-10-18-16)6-5-14-8-11-19-20(14)3/h7-8,10-12,15,17H,4-6,9H2,1-3H3. The summed E-state index contributed by atoms with van der Waals surface area (Å²) >= 11 is 0. The Kier molecular flexibility index (Phi) is 5.30. The van der Waals surface area contributed by atoms with Gasteiger partial charge in [-0.3, -0.25) is 9.67 Å². The third-order valence-electron chi connectivity index (χ3n) is 3.55. The van der Waals surface area contributed by atoms with Gasteiger partial charge in [0.2, 0.25) is 0 Å². The van der Waals surface area contributed by atoms with Crippen LogP contribution in [0, 0.1) is 6.92 Å². The molecule has 0 aliphatic rings. The molecular formula is C16H24N4. The molecule has 0 aliphatic carbocycles. The van der Waals surface area contributed by atoms with Crippen molar-refractivity contribution >= 4 is 0 Å². The van der Waals surface area contributed by atoms with Crippen molar-refractivity contribution in [3.63, 3.8) is 0 Å². The van der Waals surface area contributed by atoms with Crippen LogP contribution in [0.2, 0.25) is 0 Å². The molecule has 0 bridgehead atoms. The number of hydrogen-bond acceptors (Lipinski definition) is 3. The second-order valence-electron chi connectivity index (χ2n) is 5.25. The number of hydrogen-bond donors (Lipinski definition) is 1. The monoisotopic (exact) mass is 272 g/mol. The highest BCUT2D eigenvalue weighted by Gasteiger charge is 2.13. The van der Waals surface area contributed by atoms with Crippen LogP contribution >= 0.6 is 0 Å². The molecule has 108 valence electrons. The van der Waals surface area contributed by atoms with Crippen LogP contribution in [0.15, 0.2) is 30.6 Å². The van der Waals surface area contributed by atoms with E-state index in [1.165, 1.54) is 11.3 Å². The van der Waals surface area contributed by atoms with Gasteiger partial charge >= 0.3 is 0 Å². The topological polar surface area (TPSA) is 42.7 Å². The molecule has 0 amide bonds. The molecule has 4 nitrogen and oxygen atoms in total. The van der Waals surface area contributed by atoms with Crippen LogP contribution < -0.4 is 5.32 Å². The van der Waals surface area contributed by atoms with Gasteiger partial charge in [0.1, 0.15) is 0 Å². The van der Waals surface area contributed by atoms with Gasteiger partial charge in [-0.05, 0) is 56.5 Å². The minimum absolute atomic E-state index is 0.310. The first-order chi connectivity index (χ1) is 9.70. The van der Waals surface area contributed by atoms with Gasteiger partial charge in [-0.2, -0.15) is 5.10 Å². The molecule has 0 radical (unpaired) electrons. The van der Waals surface area contributed by atoms with E-state index in [9.17, 15) is 0 Å². The molecular weight excluding hydrogens is 248 g/mol. The molecule has 2 rings (SSSR count). The second kappa shape index (κ2) is 7.20. The number of rotatable bonds is 7. The maximum Gasteiger partial charge on any atom is 0.0575 e. The zero-order valence-electron chi connectivity index (χ0n) is 12.6. The number of nitrogens with one attached hydrogen (secondary N) is 1. The number of aryl methyl sites for hydroxylation is 3. The lowest BCUT2D eigenvalue weighted by Gasteiger charge is -2.18. The molecule has 0 spiro atoms. The fraction of sp³-hybridized carbons (Fsp3) is 0.500. The highest BCUT2D eigenvalue weighted by Crippen LogP contribution is 2.18. The second-order valence-corrected chi connectivity index (χ2v) is 5.25. The average molecular weight is 272 g/mol. The molecule has 2 aromatic rings. The zero-order valence-corrected chi connectivity index (χ0v) is 12.6. The van der Waals surface area contributed by atoms with Gasteiger partial charge in [0.25, 0.3) is 0 Å². The zero-order chi connectivity index (χ0) is 14.4. The molecule has 0 fully saturated rings. The predicted molar refractivity (Wildman–Crippen MR) is 81.5 cm³/mol. The molecule has 2 aromatic heterocycles. The van der Waals surface area contributed by atoms with E-state index in [0.717, 1.165) is 31.5 Å². The lowest BCUT2D eigenvalue weighted by Crippen LogP contribution is -2.24. The molecule has 20 heavy (non-hydrogen) atoms. The van der Waals surface area contributed by atoms with E-state index in [4.69, 9.17) is 0 Å². The Balaban J connectivity index is 2.05. The Labute approximate surface area is 121 Å². The summed E-state index contributed by atoms with van der Waals surface area (Å²) in [6.07, 6.45) is 6.93. The fourth-order valence-corrected chi connectivity index (χ4v) is 2.36. The van der Waals surface area contributed by atoms with Gasteiger partial charge in [-0.15, -0.1) is 0 Å². The van der Waals surface area contributed by atoms with Crippen molar-refractivity contribution in [2.75, 3.05) is 6.54 Å². The summed E-state index contributed by atoms with van der Waals surface area (Å²) < 4.78 is 1.94. The van der Waals surface area contributed by atoms with Crippen LogP contribution in [-0.2, 0) is 13.5 Å². The fourth-order valence-electron chi connectivity index (χ4n) is 2.36. The normalized spacial score (nSPS) is 12.6. The van der Waals surface area contributed by atoms with Crippen molar-refractivity contribution in [3.8, 4) is 0 Å². The largest absolute Gasteiger partial charge is 0.309 e. The SMILES string of the molecule is CCCNC(CCc1ccnn1C)c1cc(C)ccn1. The van der Waals surface area contributed by atoms with Gasteiger partial charge in [0.15, 0.2) is 0 Å². The quantitative estimate of drug-likeness (QED) is 0.843. The Hall–Kier alpha value is -1.68. The first-order valence-electron chi connectivity index (χ1n) is 7.33. The van der Waals surface area contributed by atoms with Crippen LogP contribution in [0.5, 0.6) is 0 Å². The Morgan fingerprint density at radius 1 is 1.30 bits per heavy atom. The van der Waals surface area contributed by atoms with Crippen molar-refractivity contribution in [3.05, 3.63) is 47.5 Å². The molecule has 4 heteroatoms. The van der Waals surface area contributed by atoms with Crippen molar-refractivity contribution < 1.29 is 0 Å². The number of pyridine rings is 1. The van der Waals surface area contributed by atoms with E-state index in [0.29, 0.717) is 6.04 Å². The lowest BCUT2D eigenvalue weighted by atomic mass is 10.0. The summed E-state index contributed by atoms with van der Waals surface area (Å²) in [6, 6.07) is 6.61. The smallest absolute Gasteiger partial charge is 0.0575 e. The molecule has 2 heterocycles. The Morgan fingerprint density at radius 3 is 2.80 bits per heavy atom. The van der Waals surface area contributed by atoms with Gasteiger partial charge in [0, 0.05) is 31.2 Å². The molecule has 0 aromatic carbocycles. The first kappa shape index (κ1) is 14.7. The van der Waals surface area contributed by atoms with Crippen molar-refractivity contribution in [2.24, 2.45) is 7.05 Å². The summed E-state index contributed by atoms with van der Waals surface area (Å²) in [7, 11) is 1.99. The van der Waals surface area contributed by atoms with Crippen LogP contribution in [0.4, 0.5) is 0 Å². The first-order valence-corrected chi connectivity index (χ1v) is 7.33. The minimum Gasteiger partial charge on any atom is -0.309 e. The molecule has 1 atom stereocenters. The highest BCUT2D eigenvalue weighted by molar-refractivity contribution is 5.17. The number of aromatic nitrogens is 3. The summed E-state index contributed by atoms with van der Waals surface area (Å²) in [5.74, 6) is 0. The third kappa shape index (κ3) is 3.90. The Bertz CT molecular complexity index is 533. The highest BCUT2D eigenvalue weighted by atomic mass is 15.2. The van der Waals surface area contributed by atoms with Crippen LogP contribution in [-0.4, -0.2) is 21.3 Å². The third-order valence-corrected chi connectivity index (χ3v) is 3.55. The van der Waals surface area contributed by atoms with Gasteiger partial charge < -0.3 is 5.32 Å². The van der Waals surface area contributed by atoms with E-state index in [2.05, 4.69) is 41.4 Å². The summed E-state index contributed by atoms with van der Waals surface area (Å²) in [6.45, 7) is 5.32. The van der Waals surface area contributed by atoms with E-state index < -0.39 is 0 Å². The predicted octanol–water partition coefficient (Wildman–Crippen LogP) is 2.80. The van der Waals surface area contributed by atoms with E-state index in [1.807, 2.05) is 30.2 Å². The summed E-state index contributed by atoms with van der Waals surface area (Å²) in [5, 5.41) is 7.83. The van der Waals surface area contributed by atoms with E-state index >= 15 is 0 Å². The lowest BCUT2D eigenvalue weighted by molar-refractivity contribution is 0.481. The Morgan fingerprint density at radius 2 is 2.15 bits per heavy atom. The van der Waals surface area contributed by atoms with E-state index in [1.54, 1.807) is 0 Å². The summed E-state index contributed by atoms with van der Waals surface area (Å²) in [4.78, 5) is 4.53. The van der Waals surface area contributed by atoms with E-state index in [-0.39, 0.29) is 0 Å². The average Bonchev–Trinajstić information content (AvgIpc) is 2.84. The van der Waals surface area contributed by atoms with Crippen LogP contribution in [0.25, 0.3) is 0 Å². The summed E-state index contributed by atoms with van der Waals surface area (Å²) in [5.41, 5.74) is 3.67.